The number of hydrogen-bond donors (Lipinski definition) is 1. The van der Waals surface area contributed by atoms with Gasteiger partial charge in [-0.3, -0.25) is 4.79 Å². The fraction of sp³-hybridized carbons (Fsp3) is 0.667. The molecule has 0 bridgehead atoms. The van der Waals surface area contributed by atoms with Crippen LogP contribution in [0.5, 0.6) is 0 Å². The monoisotopic (exact) mass is 342 g/mol. The van der Waals surface area contributed by atoms with Crippen molar-refractivity contribution in [3.63, 3.8) is 0 Å². The Bertz CT molecular complexity index is 738. The minimum Gasteiger partial charge on any atom is -0.348 e. The zero-order valence-electron chi connectivity index (χ0n) is 14.8. The van der Waals surface area contributed by atoms with E-state index < -0.39 is 0 Å². The van der Waals surface area contributed by atoms with Crippen molar-refractivity contribution in [3.05, 3.63) is 12.7 Å². The molecule has 2 fully saturated rings. The van der Waals surface area contributed by atoms with E-state index in [0.29, 0.717) is 24.2 Å². The third-order valence-corrected chi connectivity index (χ3v) is 5.75. The zero-order chi connectivity index (χ0) is 17.2. The molecule has 2 aromatic heterocycles. The third-order valence-electron chi connectivity index (χ3n) is 5.75. The minimum atomic E-state index is 0.210. The van der Waals surface area contributed by atoms with Gasteiger partial charge in [-0.1, -0.05) is 19.3 Å². The average Bonchev–Trinajstić information content (AvgIpc) is 3.31. The van der Waals surface area contributed by atoms with E-state index in [1.54, 1.807) is 6.33 Å². The van der Waals surface area contributed by atoms with E-state index in [9.17, 15) is 4.79 Å². The summed E-state index contributed by atoms with van der Waals surface area (Å²) in [6.07, 6.45) is 12.0. The molecule has 1 N–H and O–H groups in total. The predicted octanol–water partition coefficient (Wildman–Crippen LogP) is 2.36. The van der Waals surface area contributed by atoms with Gasteiger partial charge in [0.1, 0.15) is 11.8 Å². The maximum absolute atomic E-state index is 13.0. The number of nitrogens with one attached hydrogen (secondary N) is 1. The number of likely N-dealkylation sites (N-methyl/N-ethyl adjacent to an activating group) is 1. The van der Waals surface area contributed by atoms with Gasteiger partial charge in [-0.2, -0.15) is 0 Å². The first-order valence-electron chi connectivity index (χ1n) is 9.38. The Morgan fingerprint density at radius 1 is 1.20 bits per heavy atom. The molecular weight excluding hydrogens is 316 g/mol. The first-order valence-corrected chi connectivity index (χ1v) is 9.38. The summed E-state index contributed by atoms with van der Waals surface area (Å²) in [7, 11) is 1.91. The van der Waals surface area contributed by atoms with Crippen molar-refractivity contribution in [2.75, 3.05) is 25.0 Å². The molecule has 3 heterocycles. The maximum atomic E-state index is 13.0. The molecule has 7 heteroatoms. The summed E-state index contributed by atoms with van der Waals surface area (Å²) >= 11 is 0. The van der Waals surface area contributed by atoms with Crippen molar-refractivity contribution in [2.45, 2.75) is 51.0 Å². The van der Waals surface area contributed by atoms with Crippen molar-refractivity contribution < 1.29 is 4.79 Å². The van der Waals surface area contributed by atoms with E-state index >= 15 is 0 Å². The van der Waals surface area contributed by atoms with Gasteiger partial charge in [0.15, 0.2) is 11.5 Å². The van der Waals surface area contributed by atoms with Gasteiger partial charge < -0.3 is 14.8 Å². The van der Waals surface area contributed by atoms with E-state index in [2.05, 4.69) is 24.8 Å². The van der Waals surface area contributed by atoms with Gasteiger partial charge in [0, 0.05) is 19.6 Å². The molecule has 1 amide bonds. The number of aromatic nitrogens is 4. The number of amides is 1. The molecular formula is C18H26N6O. The van der Waals surface area contributed by atoms with Crippen molar-refractivity contribution >= 4 is 22.9 Å². The summed E-state index contributed by atoms with van der Waals surface area (Å²) in [5, 5.41) is 0. The van der Waals surface area contributed by atoms with Crippen molar-refractivity contribution in [1.82, 2.24) is 24.8 Å². The lowest BCUT2D eigenvalue weighted by molar-refractivity contribution is -0.131. The van der Waals surface area contributed by atoms with Crippen molar-refractivity contribution in [3.8, 4) is 0 Å². The first-order chi connectivity index (χ1) is 12.2. The van der Waals surface area contributed by atoms with Gasteiger partial charge in [0.25, 0.3) is 0 Å². The van der Waals surface area contributed by atoms with Crippen molar-refractivity contribution in [1.29, 1.82) is 0 Å². The summed E-state index contributed by atoms with van der Waals surface area (Å²) in [5.74, 6) is 1.63. The molecule has 25 heavy (non-hydrogen) atoms. The van der Waals surface area contributed by atoms with Crippen LogP contribution < -0.4 is 4.90 Å². The van der Waals surface area contributed by atoms with Crippen molar-refractivity contribution in [2.24, 2.45) is 5.92 Å². The molecule has 4 rings (SSSR count). The number of imidazole rings is 1. The third kappa shape index (κ3) is 3.19. The second-order valence-electron chi connectivity index (χ2n) is 7.35. The lowest BCUT2D eigenvalue weighted by Crippen LogP contribution is -2.45. The Morgan fingerprint density at radius 2 is 2.04 bits per heavy atom. The zero-order valence-corrected chi connectivity index (χ0v) is 14.8. The number of carbonyl (C=O) groups is 1. The van der Waals surface area contributed by atoms with Crippen LogP contribution in [0.15, 0.2) is 12.7 Å². The number of rotatable bonds is 4. The fourth-order valence-corrected chi connectivity index (χ4v) is 4.52. The normalized spacial score (nSPS) is 21.8. The van der Waals surface area contributed by atoms with Gasteiger partial charge >= 0.3 is 0 Å². The highest BCUT2D eigenvalue weighted by molar-refractivity contribution is 5.87. The van der Waals surface area contributed by atoms with Gasteiger partial charge in [-0.05, 0) is 31.6 Å². The van der Waals surface area contributed by atoms with E-state index in [-0.39, 0.29) is 5.91 Å². The van der Waals surface area contributed by atoms with Crippen LogP contribution in [0.4, 0.5) is 5.82 Å². The number of aromatic amines is 1. The minimum absolute atomic E-state index is 0.210. The lowest BCUT2D eigenvalue weighted by atomic mass is 9.83. The van der Waals surface area contributed by atoms with Crippen LogP contribution in [0, 0.1) is 5.92 Å². The topological polar surface area (TPSA) is 78.0 Å². The van der Waals surface area contributed by atoms with Crippen LogP contribution >= 0.6 is 0 Å². The number of carbonyl (C=O) groups excluding carboxylic acids is 1. The number of anilines is 1. The SMILES string of the molecule is CN(CC(=O)N1CCCC1C1CCCCC1)c1ncnc2nc[nH]c12. The highest BCUT2D eigenvalue weighted by atomic mass is 16.2. The molecule has 0 spiro atoms. The number of nitrogens with zero attached hydrogens (tertiary/aromatic N) is 5. The van der Waals surface area contributed by atoms with Gasteiger partial charge in [-0.25, -0.2) is 15.0 Å². The molecule has 2 aromatic rings. The summed E-state index contributed by atoms with van der Waals surface area (Å²) in [6.45, 7) is 1.24. The first kappa shape index (κ1) is 16.3. The Kier molecular flexibility index (Phi) is 4.55. The summed E-state index contributed by atoms with van der Waals surface area (Å²) in [6, 6.07) is 0.443. The Morgan fingerprint density at radius 3 is 2.88 bits per heavy atom. The van der Waals surface area contributed by atoms with Crippen LogP contribution in [0.1, 0.15) is 44.9 Å². The summed E-state index contributed by atoms with van der Waals surface area (Å²) in [4.78, 5) is 32.7. The molecule has 0 radical (unpaired) electrons. The second-order valence-corrected chi connectivity index (χ2v) is 7.35. The van der Waals surface area contributed by atoms with Crippen LogP contribution in [0.2, 0.25) is 0 Å². The van der Waals surface area contributed by atoms with Gasteiger partial charge in [0.2, 0.25) is 5.91 Å². The molecule has 1 aliphatic heterocycles. The molecule has 1 saturated carbocycles. The number of likely N-dealkylation sites (tertiary alicyclic amines) is 1. The maximum Gasteiger partial charge on any atom is 0.242 e. The molecule has 7 nitrogen and oxygen atoms in total. The molecule has 134 valence electrons. The molecule has 1 atom stereocenters. The molecule has 1 unspecified atom stereocenters. The lowest BCUT2D eigenvalue weighted by Gasteiger charge is -2.35. The van der Waals surface area contributed by atoms with E-state index in [0.717, 1.165) is 24.3 Å². The summed E-state index contributed by atoms with van der Waals surface area (Å²) in [5.41, 5.74) is 1.41. The molecule has 1 saturated heterocycles. The Labute approximate surface area is 147 Å². The largest absolute Gasteiger partial charge is 0.348 e. The Balaban J connectivity index is 1.46. The predicted molar refractivity (Wildman–Crippen MR) is 96.3 cm³/mol. The fourth-order valence-electron chi connectivity index (χ4n) is 4.52. The second kappa shape index (κ2) is 6.98. The molecule has 1 aliphatic carbocycles. The van der Waals surface area contributed by atoms with Crippen LogP contribution in [0.25, 0.3) is 11.2 Å². The smallest absolute Gasteiger partial charge is 0.242 e. The molecule has 0 aromatic carbocycles. The van der Waals surface area contributed by atoms with Gasteiger partial charge in [0.05, 0.1) is 12.9 Å². The van der Waals surface area contributed by atoms with Gasteiger partial charge in [-0.15, -0.1) is 0 Å². The van der Waals surface area contributed by atoms with E-state index in [1.165, 1.54) is 44.9 Å². The standard InChI is InChI=1S/C18H26N6O/c1-23(18-16-17(20-11-19-16)21-12-22-18)10-15(25)24-9-5-8-14(24)13-6-3-2-4-7-13/h11-14H,2-10H2,1H3,(H,19,20,21,22). The average molecular weight is 342 g/mol. The Hall–Kier alpha value is -2.18. The number of fused-ring (bicyclic) bond motifs is 1. The van der Waals surface area contributed by atoms with E-state index in [4.69, 9.17) is 0 Å². The number of hydrogen-bond acceptors (Lipinski definition) is 5. The van der Waals surface area contributed by atoms with E-state index in [1.807, 2.05) is 11.9 Å². The molecule has 2 aliphatic rings. The highest BCUT2D eigenvalue weighted by Crippen LogP contribution is 2.34. The number of H-pyrrole nitrogens is 1. The van der Waals surface area contributed by atoms with Crippen LogP contribution in [-0.2, 0) is 4.79 Å². The highest BCUT2D eigenvalue weighted by Gasteiger charge is 2.35. The summed E-state index contributed by atoms with van der Waals surface area (Å²) < 4.78 is 0. The van der Waals surface area contributed by atoms with Crippen LogP contribution in [0.3, 0.4) is 0 Å². The van der Waals surface area contributed by atoms with Crippen LogP contribution in [-0.4, -0.2) is 56.9 Å². The quantitative estimate of drug-likeness (QED) is 0.923.